The zero-order valence-electron chi connectivity index (χ0n) is 7.10. The Morgan fingerprint density at radius 3 is 3.08 bits per heavy atom. The fourth-order valence-corrected chi connectivity index (χ4v) is 1.06. The van der Waals surface area contributed by atoms with Crippen molar-refractivity contribution < 1.29 is 14.9 Å². The van der Waals surface area contributed by atoms with E-state index in [1.807, 2.05) is 0 Å². The summed E-state index contributed by atoms with van der Waals surface area (Å²) < 4.78 is 5.03. The van der Waals surface area contributed by atoms with Crippen molar-refractivity contribution in [2.24, 2.45) is 5.11 Å². The largest absolute Gasteiger partial charge is 0.472 e. The molecule has 0 aromatic rings. The van der Waals surface area contributed by atoms with E-state index in [2.05, 4.69) is 5.11 Å². The van der Waals surface area contributed by atoms with Crippen LogP contribution in [0.5, 0.6) is 0 Å². The van der Waals surface area contributed by atoms with Crippen LogP contribution in [0.25, 0.3) is 0 Å². The zero-order valence-corrected chi connectivity index (χ0v) is 7.10. The van der Waals surface area contributed by atoms with Crippen molar-refractivity contribution in [2.45, 2.75) is 12.5 Å². The van der Waals surface area contributed by atoms with Gasteiger partial charge >= 0.3 is 0 Å². The van der Waals surface area contributed by atoms with Gasteiger partial charge in [0, 0.05) is 12.0 Å². The Labute approximate surface area is 75.8 Å². The monoisotopic (exact) mass is 184 g/mol. The highest BCUT2D eigenvalue weighted by Gasteiger charge is 2.12. The van der Waals surface area contributed by atoms with Crippen LogP contribution in [0.15, 0.2) is 28.7 Å². The van der Waals surface area contributed by atoms with Crippen molar-refractivity contribution >= 4 is 0 Å². The Morgan fingerprint density at radius 2 is 2.46 bits per heavy atom. The molecule has 1 atom stereocenters. The Kier molecular flexibility index (Phi) is 3.60. The molecule has 1 rings (SSSR count). The quantitative estimate of drug-likeness (QED) is 0.558. The standard InChI is InChI=1S/C8H12N2O3/c9-10-8-6(2-1-3-13-8)4-7(12)5-11/h1-2,7,9,11-12H,3-5H2/t7-/m1/s1. The number of ether oxygens (including phenoxy) is 1. The van der Waals surface area contributed by atoms with Gasteiger partial charge in [-0.2, -0.15) is 0 Å². The lowest BCUT2D eigenvalue weighted by Gasteiger charge is -2.14. The Hall–Kier alpha value is -1.20. The number of aliphatic hydroxyl groups excluding tert-OH is 2. The predicted octanol–water partition coefficient (Wildman–Crippen LogP) is 0.559. The highest BCUT2D eigenvalue weighted by Crippen LogP contribution is 2.18. The predicted molar refractivity (Wildman–Crippen MR) is 45.0 cm³/mol. The Morgan fingerprint density at radius 1 is 1.69 bits per heavy atom. The number of nitrogens with one attached hydrogen (secondary N) is 1. The van der Waals surface area contributed by atoms with E-state index in [4.69, 9.17) is 20.5 Å². The highest BCUT2D eigenvalue weighted by molar-refractivity contribution is 5.25. The lowest BCUT2D eigenvalue weighted by atomic mass is 10.1. The third-order valence-corrected chi connectivity index (χ3v) is 1.68. The number of rotatable bonds is 4. The molecule has 1 aliphatic rings. The normalized spacial score (nSPS) is 18.3. The summed E-state index contributed by atoms with van der Waals surface area (Å²) in [5.41, 5.74) is 7.43. The summed E-state index contributed by atoms with van der Waals surface area (Å²) in [6.07, 6.45) is 2.95. The second-order valence-electron chi connectivity index (χ2n) is 2.70. The van der Waals surface area contributed by atoms with Gasteiger partial charge in [-0.3, -0.25) is 0 Å². The van der Waals surface area contributed by atoms with E-state index in [1.165, 1.54) is 0 Å². The first-order valence-corrected chi connectivity index (χ1v) is 3.96. The van der Waals surface area contributed by atoms with Gasteiger partial charge in [0.05, 0.1) is 12.7 Å². The summed E-state index contributed by atoms with van der Waals surface area (Å²) in [6, 6.07) is 0. The van der Waals surface area contributed by atoms with Crippen LogP contribution in [-0.2, 0) is 4.74 Å². The van der Waals surface area contributed by atoms with E-state index in [9.17, 15) is 0 Å². The van der Waals surface area contributed by atoms with Crippen LogP contribution in [0.2, 0.25) is 0 Å². The molecule has 0 aromatic carbocycles. The number of aliphatic hydroxyl groups is 2. The maximum atomic E-state index is 9.15. The summed E-state index contributed by atoms with van der Waals surface area (Å²) in [5, 5.41) is 20.9. The topological polar surface area (TPSA) is 85.9 Å². The maximum absolute atomic E-state index is 9.15. The molecule has 0 unspecified atom stereocenters. The van der Waals surface area contributed by atoms with Crippen LogP contribution < -0.4 is 0 Å². The van der Waals surface area contributed by atoms with Crippen molar-refractivity contribution in [1.29, 1.82) is 5.53 Å². The van der Waals surface area contributed by atoms with Gasteiger partial charge in [-0.15, -0.1) is 5.11 Å². The number of hydrogen-bond acceptors (Lipinski definition) is 5. The number of allylic oxidation sites excluding steroid dienone is 1. The molecule has 0 aromatic heterocycles. The molecule has 0 fully saturated rings. The summed E-state index contributed by atoms with van der Waals surface area (Å²) >= 11 is 0. The minimum Gasteiger partial charge on any atom is -0.472 e. The van der Waals surface area contributed by atoms with Crippen molar-refractivity contribution in [3.05, 3.63) is 23.6 Å². The van der Waals surface area contributed by atoms with Gasteiger partial charge in [0.25, 0.3) is 0 Å². The molecule has 1 aliphatic heterocycles. The average molecular weight is 184 g/mol. The first-order chi connectivity index (χ1) is 6.27. The van der Waals surface area contributed by atoms with Crippen molar-refractivity contribution in [1.82, 2.24) is 0 Å². The fourth-order valence-electron chi connectivity index (χ4n) is 1.06. The average Bonchev–Trinajstić information content (AvgIpc) is 2.18. The fraction of sp³-hybridized carbons (Fsp3) is 0.500. The Bertz CT molecular complexity index is 248. The van der Waals surface area contributed by atoms with E-state index < -0.39 is 6.10 Å². The summed E-state index contributed by atoms with van der Waals surface area (Å²) in [7, 11) is 0. The molecular formula is C8H12N2O3. The van der Waals surface area contributed by atoms with Crippen molar-refractivity contribution in [3.63, 3.8) is 0 Å². The summed E-state index contributed by atoms with van der Waals surface area (Å²) in [5.74, 6) is 0.218. The van der Waals surface area contributed by atoms with Crippen LogP contribution in [0.1, 0.15) is 6.42 Å². The van der Waals surface area contributed by atoms with Gasteiger partial charge < -0.3 is 14.9 Å². The first kappa shape index (κ1) is 9.88. The molecule has 0 aliphatic carbocycles. The van der Waals surface area contributed by atoms with Crippen LogP contribution >= 0.6 is 0 Å². The molecule has 0 saturated carbocycles. The van der Waals surface area contributed by atoms with Gasteiger partial charge in [-0.1, -0.05) is 6.08 Å². The summed E-state index contributed by atoms with van der Waals surface area (Å²) in [4.78, 5) is 0. The Balaban J connectivity index is 2.68. The third-order valence-electron chi connectivity index (χ3n) is 1.68. The van der Waals surface area contributed by atoms with Gasteiger partial charge in [0.2, 0.25) is 5.88 Å². The molecule has 5 nitrogen and oxygen atoms in total. The molecule has 0 saturated heterocycles. The molecule has 5 heteroatoms. The maximum Gasteiger partial charge on any atom is 0.236 e. The minimum absolute atomic E-state index is 0.218. The van der Waals surface area contributed by atoms with Crippen molar-refractivity contribution in [3.8, 4) is 0 Å². The second kappa shape index (κ2) is 4.74. The van der Waals surface area contributed by atoms with E-state index in [1.54, 1.807) is 12.2 Å². The lowest BCUT2D eigenvalue weighted by molar-refractivity contribution is 0.0940. The first-order valence-electron chi connectivity index (χ1n) is 3.96. The van der Waals surface area contributed by atoms with Crippen LogP contribution in [0.3, 0.4) is 0 Å². The van der Waals surface area contributed by atoms with Gasteiger partial charge in [-0.25, -0.2) is 5.53 Å². The minimum atomic E-state index is -0.821. The van der Waals surface area contributed by atoms with Crippen LogP contribution in [0.4, 0.5) is 0 Å². The van der Waals surface area contributed by atoms with Gasteiger partial charge in [0.15, 0.2) is 0 Å². The summed E-state index contributed by atoms with van der Waals surface area (Å²) in [6.45, 7) is 0.0963. The molecule has 13 heavy (non-hydrogen) atoms. The molecule has 0 bridgehead atoms. The van der Waals surface area contributed by atoms with Crippen molar-refractivity contribution in [2.75, 3.05) is 13.2 Å². The zero-order chi connectivity index (χ0) is 9.68. The highest BCUT2D eigenvalue weighted by atomic mass is 16.5. The molecule has 0 radical (unpaired) electrons. The molecule has 3 N–H and O–H groups in total. The van der Waals surface area contributed by atoms with Gasteiger partial charge in [0.1, 0.15) is 6.61 Å². The number of hydrogen-bond donors (Lipinski definition) is 3. The van der Waals surface area contributed by atoms with E-state index in [-0.39, 0.29) is 18.9 Å². The lowest BCUT2D eigenvalue weighted by Crippen LogP contribution is -2.14. The molecule has 0 amide bonds. The van der Waals surface area contributed by atoms with E-state index >= 15 is 0 Å². The molecule has 72 valence electrons. The van der Waals surface area contributed by atoms with Crippen LogP contribution in [-0.4, -0.2) is 29.5 Å². The number of nitrogens with zero attached hydrogens (tertiary/aromatic N) is 1. The molecular weight excluding hydrogens is 172 g/mol. The smallest absolute Gasteiger partial charge is 0.236 e. The van der Waals surface area contributed by atoms with Gasteiger partial charge in [-0.05, 0) is 6.08 Å². The molecule has 0 spiro atoms. The third kappa shape index (κ3) is 2.64. The SMILES string of the molecule is N=NC1=C(C[C@@H](O)CO)C=CCO1. The van der Waals surface area contributed by atoms with E-state index in [0.29, 0.717) is 12.2 Å². The molecule has 1 heterocycles. The van der Waals surface area contributed by atoms with E-state index in [0.717, 1.165) is 0 Å². The van der Waals surface area contributed by atoms with Crippen LogP contribution in [0, 0.1) is 5.53 Å². The second-order valence-corrected chi connectivity index (χ2v) is 2.70.